The normalized spacial score (nSPS) is 18.3. The van der Waals surface area contributed by atoms with Crippen LogP contribution in [-0.2, 0) is 4.74 Å². The molecule has 116 valence electrons. The zero-order chi connectivity index (χ0) is 15.3. The summed E-state index contributed by atoms with van der Waals surface area (Å²) in [5.74, 6) is 0.914. The molecule has 1 saturated carbocycles. The number of rotatable bonds is 5. The minimum atomic E-state index is -0.628. The lowest BCUT2D eigenvalue weighted by Crippen LogP contribution is -2.40. The van der Waals surface area contributed by atoms with Crippen molar-refractivity contribution in [1.29, 1.82) is 0 Å². The zero-order valence-electron chi connectivity index (χ0n) is 13.4. The van der Waals surface area contributed by atoms with Crippen LogP contribution < -0.4 is 4.74 Å². The monoisotopic (exact) mass is 290 g/mol. The molecule has 1 fully saturated rings. The highest BCUT2D eigenvalue weighted by Gasteiger charge is 2.38. The van der Waals surface area contributed by atoms with Crippen molar-refractivity contribution in [3.05, 3.63) is 29.8 Å². The molecule has 3 heteroatoms. The first-order chi connectivity index (χ1) is 10.1. The summed E-state index contributed by atoms with van der Waals surface area (Å²) in [7, 11) is 1.67. The van der Waals surface area contributed by atoms with Crippen LogP contribution in [0.2, 0.25) is 0 Å². The Morgan fingerprint density at radius 2 is 1.62 bits per heavy atom. The Morgan fingerprint density at radius 3 is 2.10 bits per heavy atom. The predicted octanol–water partition coefficient (Wildman–Crippen LogP) is 4.40. The smallest absolute Gasteiger partial charge is 0.194 e. The van der Waals surface area contributed by atoms with Crippen LogP contribution in [0.1, 0.15) is 62.7 Å². The molecule has 0 bridgehead atoms. The highest BCUT2D eigenvalue weighted by Crippen LogP contribution is 2.33. The Kier molecular flexibility index (Phi) is 5.40. The van der Waals surface area contributed by atoms with Gasteiger partial charge in [0.25, 0.3) is 0 Å². The molecule has 0 heterocycles. The van der Waals surface area contributed by atoms with Gasteiger partial charge in [0.05, 0.1) is 6.10 Å². The molecule has 3 nitrogen and oxygen atoms in total. The molecule has 0 spiro atoms. The minimum Gasteiger partial charge on any atom is -0.491 e. The van der Waals surface area contributed by atoms with Gasteiger partial charge in [-0.3, -0.25) is 4.79 Å². The number of hydrogen-bond acceptors (Lipinski definition) is 3. The fraction of sp³-hybridized carbons (Fsp3) is 0.611. The molecule has 0 unspecified atom stereocenters. The van der Waals surface area contributed by atoms with Gasteiger partial charge >= 0.3 is 0 Å². The number of ether oxygens (including phenoxy) is 2. The van der Waals surface area contributed by atoms with Crippen LogP contribution >= 0.6 is 0 Å². The Bertz CT molecular complexity index is 454. The maximum Gasteiger partial charge on any atom is 0.194 e. The molecule has 21 heavy (non-hydrogen) atoms. The molecular weight excluding hydrogens is 264 g/mol. The topological polar surface area (TPSA) is 35.5 Å². The number of carbonyl (C=O) groups is 1. The van der Waals surface area contributed by atoms with Gasteiger partial charge in [0, 0.05) is 12.7 Å². The highest BCUT2D eigenvalue weighted by molar-refractivity contribution is 6.02. The second-order valence-electron chi connectivity index (χ2n) is 6.13. The standard InChI is InChI=1S/C18H26O3/c1-14(2)21-16-10-8-15(9-11-16)17(19)18(20-3)12-6-4-5-7-13-18/h8-11,14H,4-7,12-13H2,1-3H3. The Morgan fingerprint density at radius 1 is 1.05 bits per heavy atom. The van der Waals surface area contributed by atoms with E-state index >= 15 is 0 Å². The summed E-state index contributed by atoms with van der Waals surface area (Å²) in [5, 5.41) is 0. The van der Waals surface area contributed by atoms with E-state index in [0.717, 1.165) is 37.0 Å². The van der Waals surface area contributed by atoms with E-state index in [4.69, 9.17) is 9.47 Å². The van der Waals surface area contributed by atoms with E-state index in [9.17, 15) is 4.79 Å². The van der Waals surface area contributed by atoms with Gasteiger partial charge in [-0.2, -0.15) is 0 Å². The summed E-state index contributed by atoms with van der Waals surface area (Å²) in [6.45, 7) is 3.98. The predicted molar refractivity (Wildman–Crippen MR) is 84.0 cm³/mol. The molecular formula is C18H26O3. The van der Waals surface area contributed by atoms with E-state index in [2.05, 4.69) is 0 Å². The van der Waals surface area contributed by atoms with Gasteiger partial charge in [-0.25, -0.2) is 0 Å². The number of methoxy groups -OCH3 is 1. The molecule has 1 aliphatic carbocycles. The molecule has 0 N–H and O–H groups in total. The van der Waals surface area contributed by atoms with Crippen molar-refractivity contribution >= 4 is 5.78 Å². The molecule has 1 aromatic rings. The third-order valence-corrected chi connectivity index (χ3v) is 4.20. The second-order valence-corrected chi connectivity index (χ2v) is 6.13. The lowest BCUT2D eigenvalue weighted by Gasteiger charge is -2.29. The van der Waals surface area contributed by atoms with Crippen LogP contribution in [0.25, 0.3) is 0 Å². The van der Waals surface area contributed by atoms with Crippen molar-refractivity contribution in [2.75, 3.05) is 7.11 Å². The third kappa shape index (κ3) is 3.85. The average Bonchev–Trinajstić information content (AvgIpc) is 2.73. The maximum atomic E-state index is 12.9. The van der Waals surface area contributed by atoms with Crippen LogP contribution in [0.3, 0.4) is 0 Å². The van der Waals surface area contributed by atoms with Gasteiger partial charge < -0.3 is 9.47 Å². The van der Waals surface area contributed by atoms with Gasteiger partial charge in [-0.15, -0.1) is 0 Å². The van der Waals surface area contributed by atoms with Gasteiger partial charge in [-0.1, -0.05) is 25.7 Å². The lowest BCUT2D eigenvalue weighted by molar-refractivity contribution is -0.00692. The van der Waals surface area contributed by atoms with Crippen molar-refractivity contribution in [1.82, 2.24) is 0 Å². The van der Waals surface area contributed by atoms with Crippen molar-refractivity contribution in [3.8, 4) is 5.75 Å². The second kappa shape index (κ2) is 7.08. The maximum absolute atomic E-state index is 12.9. The van der Waals surface area contributed by atoms with E-state index in [1.807, 2.05) is 38.1 Å². The molecule has 1 aliphatic rings. The van der Waals surface area contributed by atoms with Crippen LogP contribution in [0, 0.1) is 0 Å². The van der Waals surface area contributed by atoms with E-state index < -0.39 is 5.60 Å². The number of Topliss-reactive ketones (excluding diaryl/α,β-unsaturated/α-hetero) is 1. The number of carbonyl (C=O) groups excluding carboxylic acids is 1. The van der Waals surface area contributed by atoms with E-state index in [0.29, 0.717) is 0 Å². The first-order valence-electron chi connectivity index (χ1n) is 7.94. The fourth-order valence-corrected chi connectivity index (χ4v) is 3.04. The number of benzene rings is 1. The fourth-order valence-electron chi connectivity index (χ4n) is 3.04. The molecule has 0 atom stereocenters. The van der Waals surface area contributed by atoms with Crippen LogP contribution in [0.5, 0.6) is 5.75 Å². The Hall–Kier alpha value is -1.35. The SMILES string of the molecule is COC1(C(=O)c2ccc(OC(C)C)cc2)CCCCCC1. The molecule has 0 aromatic heterocycles. The summed E-state index contributed by atoms with van der Waals surface area (Å²) < 4.78 is 11.3. The molecule has 0 amide bonds. The van der Waals surface area contributed by atoms with Gasteiger partial charge in [0.15, 0.2) is 5.78 Å². The van der Waals surface area contributed by atoms with Crippen LogP contribution in [0.4, 0.5) is 0 Å². The first-order valence-corrected chi connectivity index (χ1v) is 7.94. The minimum absolute atomic E-state index is 0.114. The van der Waals surface area contributed by atoms with E-state index in [-0.39, 0.29) is 11.9 Å². The number of hydrogen-bond donors (Lipinski definition) is 0. The Balaban J connectivity index is 2.17. The quantitative estimate of drug-likeness (QED) is 0.595. The van der Waals surface area contributed by atoms with Crippen LogP contribution in [-0.4, -0.2) is 24.6 Å². The molecule has 0 aliphatic heterocycles. The summed E-state index contributed by atoms with van der Waals surface area (Å²) in [6, 6.07) is 7.44. The van der Waals surface area contributed by atoms with Crippen molar-refractivity contribution in [2.45, 2.75) is 64.1 Å². The van der Waals surface area contributed by atoms with Crippen molar-refractivity contribution < 1.29 is 14.3 Å². The summed E-state index contributed by atoms with van der Waals surface area (Å²) in [6.07, 6.45) is 6.30. The lowest BCUT2D eigenvalue weighted by atomic mass is 9.86. The molecule has 0 radical (unpaired) electrons. The van der Waals surface area contributed by atoms with Crippen molar-refractivity contribution in [3.63, 3.8) is 0 Å². The summed E-state index contributed by atoms with van der Waals surface area (Å²) in [4.78, 5) is 12.9. The summed E-state index contributed by atoms with van der Waals surface area (Å²) in [5.41, 5.74) is 0.0894. The zero-order valence-corrected chi connectivity index (χ0v) is 13.4. The molecule has 1 aromatic carbocycles. The van der Waals surface area contributed by atoms with Crippen LogP contribution in [0.15, 0.2) is 24.3 Å². The molecule has 0 saturated heterocycles. The largest absolute Gasteiger partial charge is 0.491 e. The van der Waals surface area contributed by atoms with E-state index in [1.165, 1.54) is 12.8 Å². The Labute approximate surface area is 127 Å². The summed E-state index contributed by atoms with van der Waals surface area (Å²) >= 11 is 0. The molecule has 2 rings (SSSR count). The number of ketones is 1. The third-order valence-electron chi connectivity index (χ3n) is 4.20. The highest BCUT2D eigenvalue weighted by atomic mass is 16.5. The van der Waals surface area contributed by atoms with E-state index in [1.54, 1.807) is 7.11 Å². The first kappa shape index (κ1) is 16.0. The van der Waals surface area contributed by atoms with Crippen molar-refractivity contribution in [2.24, 2.45) is 0 Å². The van der Waals surface area contributed by atoms with Gasteiger partial charge in [-0.05, 0) is 51.0 Å². The van der Waals surface area contributed by atoms with Gasteiger partial charge in [0.1, 0.15) is 11.4 Å². The average molecular weight is 290 g/mol. The van der Waals surface area contributed by atoms with Gasteiger partial charge in [0.2, 0.25) is 0 Å².